The summed E-state index contributed by atoms with van der Waals surface area (Å²) in [5, 5.41) is 4.52. The van der Waals surface area contributed by atoms with Gasteiger partial charge in [0.1, 0.15) is 5.69 Å². The molecule has 1 atom stereocenters. The highest BCUT2D eigenvalue weighted by atomic mass is 16.5. The molecule has 1 amide bonds. The minimum atomic E-state index is 0.0360. The Bertz CT molecular complexity index is 823. The summed E-state index contributed by atoms with van der Waals surface area (Å²) in [5.74, 6) is 0.674. The first kappa shape index (κ1) is 18.2. The third-order valence-electron chi connectivity index (χ3n) is 5.61. The number of morpholine rings is 1. The molecule has 0 aliphatic carbocycles. The lowest BCUT2D eigenvalue weighted by Gasteiger charge is -2.29. The Morgan fingerprint density at radius 1 is 1.26 bits per heavy atom. The zero-order valence-electron chi connectivity index (χ0n) is 16.4. The highest BCUT2D eigenvalue weighted by molar-refractivity contribution is 6.06. The lowest BCUT2D eigenvalue weighted by Crippen LogP contribution is -2.40. The molecular weight excluding hydrogens is 340 g/mol. The van der Waals surface area contributed by atoms with Crippen molar-refractivity contribution in [2.45, 2.75) is 25.7 Å². The summed E-state index contributed by atoms with van der Waals surface area (Å²) in [7, 11) is 1.85. The summed E-state index contributed by atoms with van der Waals surface area (Å²) in [6.07, 6.45) is 0. The van der Waals surface area contributed by atoms with E-state index >= 15 is 0 Å². The fourth-order valence-corrected chi connectivity index (χ4v) is 4.05. The number of carbonyl (C=O) groups is 1. The molecule has 6 heteroatoms. The van der Waals surface area contributed by atoms with Gasteiger partial charge in [0.05, 0.1) is 18.9 Å². The Morgan fingerprint density at radius 2 is 2.00 bits per heavy atom. The number of aryl methyl sites for hydroxylation is 1. The van der Waals surface area contributed by atoms with E-state index in [-0.39, 0.29) is 5.91 Å². The van der Waals surface area contributed by atoms with Gasteiger partial charge in [0, 0.05) is 44.8 Å². The van der Waals surface area contributed by atoms with E-state index in [0.717, 1.165) is 50.8 Å². The molecule has 3 heterocycles. The van der Waals surface area contributed by atoms with E-state index in [1.54, 1.807) is 4.68 Å². The maximum Gasteiger partial charge on any atom is 0.276 e. The summed E-state index contributed by atoms with van der Waals surface area (Å²) in [6, 6.07) is 10.2. The molecule has 144 valence electrons. The smallest absolute Gasteiger partial charge is 0.276 e. The first-order valence-electron chi connectivity index (χ1n) is 9.79. The molecule has 0 spiro atoms. The summed E-state index contributed by atoms with van der Waals surface area (Å²) in [6.45, 7) is 9.40. The SMILES string of the molecule is CC(C)c1cc(C(=O)N2C[C@H](CN3CCOCC3)c3ccccc32)n(C)n1. The number of hydrogen-bond donors (Lipinski definition) is 0. The number of ether oxygens (including phenoxy) is 1. The van der Waals surface area contributed by atoms with Gasteiger partial charge in [0.2, 0.25) is 0 Å². The maximum absolute atomic E-state index is 13.3. The van der Waals surface area contributed by atoms with Gasteiger partial charge in [-0.1, -0.05) is 32.0 Å². The van der Waals surface area contributed by atoms with Gasteiger partial charge in [-0.25, -0.2) is 0 Å². The third kappa shape index (κ3) is 3.51. The number of aromatic nitrogens is 2. The molecule has 0 N–H and O–H groups in total. The van der Waals surface area contributed by atoms with E-state index in [2.05, 4.69) is 42.0 Å². The van der Waals surface area contributed by atoms with Crippen LogP contribution < -0.4 is 4.90 Å². The Hall–Kier alpha value is -2.18. The van der Waals surface area contributed by atoms with Crippen LogP contribution in [0.25, 0.3) is 0 Å². The molecule has 0 unspecified atom stereocenters. The maximum atomic E-state index is 13.3. The minimum absolute atomic E-state index is 0.0360. The topological polar surface area (TPSA) is 50.6 Å². The largest absolute Gasteiger partial charge is 0.379 e. The Kier molecular flexibility index (Phi) is 5.02. The molecule has 0 saturated carbocycles. The normalized spacial score (nSPS) is 20.3. The lowest BCUT2D eigenvalue weighted by molar-refractivity contribution is 0.0356. The molecule has 1 aromatic carbocycles. The van der Waals surface area contributed by atoms with Crippen LogP contribution in [-0.4, -0.2) is 60.0 Å². The number of carbonyl (C=O) groups excluding carboxylic acids is 1. The second-order valence-electron chi connectivity index (χ2n) is 7.82. The van der Waals surface area contributed by atoms with E-state index in [9.17, 15) is 4.79 Å². The molecular formula is C21H28N4O2. The van der Waals surface area contributed by atoms with Gasteiger partial charge < -0.3 is 9.64 Å². The highest BCUT2D eigenvalue weighted by Gasteiger charge is 2.35. The second kappa shape index (κ2) is 7.44. The quantitative estimate of drug-likeness (QED) is 0.832. The zero-order valence-corrected chi connectivity index (χ0v) is 16.4. The standard InChI is InChI=1S/C21H28N4O2/c1-15(2)18-12-20(23(3)22-18)21(26)25-14-16(13-24-8-10-27-11-9-24)17-6-4-5-7-19(17)25/h4-7,12,15-16H,8-11,13-14H2,1-3H3/t16-/m0/s1. The van der Waals surface area contributed by atoms with Gasteiger partial charge >= 0.3 is 0 Å². The van der Waals surface area contributed by atoms with Crippen LogP contribution in [0.2, 0.25) is 0 Å². The molecule has 1 aromatic heterocycles. The van der Waals surface area contributed by atoms with Crippen molar-refractivity contribution in [3.8, 4) is 0 Å². The number of nitrogens with zero attached hydrogens (tertiary/aromatic N) is 4. The van der Waals surface area contributed by atoms with Crippen molar-refractivity contribution in [3.05, 3.63) is 47.3 Å². The second-order valence-corrected chi connectivity index (χ2v) is 7.82. The van der Waals surface area contributed by atoms with Crippen molar-refractivity contribution in [2.24, 2.45) is 7.05 Å². The molecule has 27 heavy (non-hydrogen) atoms. The highest BCUT2D eigenvalue weighted by Crippen LogP contribution is 2.37. The lowest BCUT2D eigenvalue weighted by atomic mass is 10.0. The molecule has 2 aliphatic rings. The van der Waals surface area contributed by atoms with Gasteiger partial charge in [0.25, 0.3) is 5.91 Å². The molecule has 2 aliphatic heterocycles. The number of hydrogen-bond acceptors (Lipinski definition) is 4. The average molecular weight is 368 g/mol. The van der Waals surface area contributed by atoms with Crippen molar-refractivity contribution in [3.63, 3.8) is 0 Å². The average Bonchev–Trinajstić information content (AvgIpc) is 3.24. The minimum Gasteiger partial charge on any atom is -0.379 e. The van der Waals surface area contributed by atoms with Crippen LogP contribution in [0.15, 0.2) is 30.3 Å². The summed E-state index contributed by atoms with van der Waals surface area (Å²) >= 11 is 0. The molecule has 0 bridgehead atoms. The van der Waals surface area contributed by atoms with Crippen molar-refractivity contribution < 1.29 is 9.53 Å². The number of para-hydroxylation sites is 1. The van der Waals surface area contributed by atoms with Crippen LogP contribution in [0.5, 0.6) is 0 Å². The molecule has 6 nitrogen and oxygen atoms in total. The van der Waals surface area contributed by atoms with Crippen molar-refractivity contribution in [1.82, 2.24) is 14.7 Å². The predicted octanol–water partition coefficient (Wildman–Crippen LogP) is 2.62. The number of rotatable bonds is 4. The van der Waals surface area contributed by atoms with Gasteiger partial charge in [-0.2, -0.15) is 5.10 Å². The van der Waals surface area contributed by atoms with E-state index in [0.29, 0.717) is 17.5 Å². The number of benzene rings is 1. The number of amides is 1. The Balaban J connectivity index is 1.59. The van der Waals surface area contributed by atoms with Crippen LogP contribution in [0.3, 0.4) is 0 Å². The van der Waals surface area contributed by atoms with Crippen molar-refractivity contribution >= 4 is 11.6 Å². The summed E-state index contributed by atoms with van der Waals surface area (Å²) in [4.78, 5) is 17.7. The Morgan fingerprint density at radius 3 is 2.70 bits per heavy atom. The molecule has 1 saturated heterocycles. The molecule has 4 rings (SSSR count). The van der Waals surface area contributed by atoms with E-state index in [4.69, 9.17) is 4.74 Å². The first-order valence-corrected chi connectivity index (χ1v) is 9.79. The van der Waals surface area contributed by atoms with Crippen LogP contribution in [-0.2, 0) is 11.8 Å². The van der Waals surface area contributed by atoms with Gasteiger partial charge in [-0.15, -0.1) is 0 Å². The van der Waals surface area contributed by atoms with Crippen LogP contribution in [0, 0.1) is 0 Å². The zero-order chi connectivity index (χ0) is 19.0. The van der Waals surface area contributed by atoms with E-state index < -0.39 is 0 Å². The first-order chi connectivity index (χ1) is 13.0. The summed E-state index contributed by atoms with van der Waals surface area (Å²) < 4.78 is 7.19. The number of anilines is 1. The van der Waals surface area contributed by atoms with Gasteiger partial charge in [0.15, 0.2) is 0 Å². The third-order valence-corrected chi connectivity index (χ3v) is 5.61. The van der Waals surface area contributed by atoms with E-state index in [1.165, 1.54) is 5.56 Å². The van der Waals surface area contributed by atoms with Crippen LogP contribution >= 0.6 is 0 Å². The molecule has 2 aromatic rings. The monoisotopic (exact) mass is 368 g/mol. The number of fused-ring (bicyclic) bond motifs is 1. The molecule has 0 radical (unpaired) electrons. The van der Waals surface area contributed by atoms with Crippen LogP contribution in [0.1, 0.15) is 47.4 Å². The van der Waals surface area contributed by atoms with Crippen molar-refractivity contribution in [1.29, 1.82) is 0 Å². The van der Waals surface area contributed by atoms with Crippen LogP contribution in [0.4, 0.5) is 5.69 Å². The fourth-order valence-electron chi connectivity index (χ4n) is 4.05. The van der Waals surface area contributed by atoms with Gasteiger partial charge in [-0.3, -0.25) is 14.4 Å². The Labute approximate surface area is 160 Å². The van der Waals surface area contributed by atoms with Gasteiger partial charge in [-0.05, 0) is 23.6 Å². The fraction of sp³-hybridized carbons (Fsp3) is 0.524. The van der Waals surface area contributed by atoms with E-state index in [1.807, 2.05) is 24.1 Å². The molecule has 1 fully saturated rings. The van der Waals surface area contributed by atoms with Crippen molar-refractivity contribution in [2.75, 3.05) is 44.3 Å². The summed E-state index contributed by atoms with van der Waals surface area (Å²) in [5.41, 5.74) is 3.91. The predicted molar refractivity (Wildman–Crippen MR) is 105 cm³/mol.